The van der Waals surface area contributed by atoms with Gasteiger partial charge in [-0.25, -0.2) is 8.78 Å². The molecule has 0 amide bonds. The molecule has 0 radical (unpaired) electrons. The van der Waals surface area contributed by atoms with Crippen molar-refractivity contribution in [2.75, 3.05) is 19.6 Å². The SMILES string of the molecule is CCNC(=NCC(C)c1ccc(F)c(F)c1)NCCc1cnn(C)c1. The van der Waals surface area contributed by atoms with Crippen molar-refractivity contribution >= 4 is 5.96 Å². The number of aromatic nitrogens is 2. The summed E-state index contributed by atoms with van der Waals surface area (Å²) in [4.78, 5) is 4.54. The Hall–Kier alpha value is -2.44. The summed E-state index contributed by atoms with van der Waals surface area (Å²) < 4.78 is 28.2. The van der Waals surface area contributed by atoms with Gasteiger partial charge in [0.25, 0.3) is 0 Å². The Bertz CT molecular complexity index is 711. The van der Waals surface area contributed by atoms with E-state index in [1.54, 1.807) is 10.7 Å². The Morgan fingerprint density at radius 1 is 1.28 bits per heavy atom. The quantitative estimate of drug-likeness (QED) is 0.597. The van der Waals surface area contributed by atoms with E-state index in [2.05, 4.69) is 20.7 Å². The predicted molar refractivity (Wildman–Crippen MR) is 95.7 cm³/mol. The highest BCUT2D eigenvalue weighted by atomic mass is 19.2. The maximum Gasteiger partial charge on any atom is 0.191 e. The van der Waals surface area contributed by atoms with Gasteiger partial charge in [0.1, 0.15) is 0 Å². The van der Waals surface area contributed by atoms with Crippen LogP contribution in [0.5, 0.6) is 0 Å². The molecule has 25 heavy (non-hydrogen) atoms. The van der Waals surface area contributed by atoms with Gasteiger partial charge in [-0.1, -0.05) is 13.0 Å². The third-order valence-electron chi connectivity index (χ3n) is 3.84. The Kier molecular flexibility index (Phi) is 6.91. The van der Waals surface area contributed by atoms with Gasteiger partial charge >= 0.3 is 0 Å². The van der Waals surface area contributed by atoms with Crippen molar-refractivity contribution < 1.29 is 8.78 Å². The Balaban J connectivity index is 1.90. The molecule has 1 unspecified atom stereocenters. The fourth-order valence-electron chi connectivity index (χ4n) is 2.42. The average Bonchev–Trinajstić information content (AvgIpc) is 3.00. The zero-order chi connectivity index (χ0) is 18.2. The number of aliphatic imine (C=N–C) groups is 1. The van der Waals surface area contributed by atoms with Gasteiger partial charge < -0.3 is 10.6 Å². The van der Waals surface area contributed by atoms with E-state index in [0.29, 0.717) is 12.5 Å². The first-order valence-electron chi connectivity index (χ1n) is 8.44. The molecular weight excluding hydrogens is 324 g/mol. The van der Waals surface area contributed by atoms with Crippen LogP contribution in [0.4, 0.5) is 8.78 Å². The predicted octanol–water partition coefficient (Wildman–Crippen LogP) is 2.60. The number of nitrogens with one attached hydrogen (secondary N) is 2. The van der Waals surface area contributed by atoms with Crippen LogP contribution in [0.15, 0.2) is 35.6 Å². The summed E-state index contributed by atoms with van der Waals surface area (Å²) >= 11 is 0. The molecule has 1 aromatic carbocycles. The second kappa shape index (κ2) is 9.15. The molecule has 0 bridgehead atoms. The van der Waals surface area contributed by atoms with Crippen LogP contribution in [0, 0.1) is 11.6 Å². The average molecular weight is 349 g/mol. The molecular formula is C18H25F2N5. The second-order valence-electron chi connectivity index (χ2n) is 5.99. The molecule has 0 saturated carbocycles. The van der Waals surface area contributed by atoms with Gasteiger partial charge in [0, 0.05) is 38.8 Å². The molecule has 0 fully saturated rings. The summed E-state index contributed by atoms with van der Waals surface area (Å²) in [5.41, 5.74) is 1.88. The van der Waals surface area contributed by atoms with Gasteiger partial charge in [-0.05, 0) is 36.6 Å². The van der Waals surface area contributed by atoms with Crippen molar-refractivity contribution in [3.8, 4) is 0 Å². The van der Waals surface area contributed by atoms with Crippen LogP contribution in [-0.2, 0) is 13.5 Å². The molecule has 7 heteroatoms. The first-order valence-corrected chi connectivity index (χ1v) is 8.44. The minimum absolute atomic E-state index is 0.0103. The molecule has 0 spiro atoms. The zero-order valence-electron chi connectivity index (χ0n) is 14.9. The topological polar surface area (TPSA) is 54.2 Å². The maximum atomic E-state index is 13.3. The van der Waals surface area contributed by atoms with E-state index in [0.717, 1.165) is 36.7 Å². The molecule has 2 aromatic rings. The molecule has 1 aromatic heterocycles. The number of hydrogen-bond acceptors (Lipinski definition) is 2. The molecule has 1 atom stereocenters. The van der Waals surface area contributed by atoms with Gasteiger partial charge in [0.15, 0.2) is 17.6 Å². The first kappa shape index (κ1) is 18.9. The minimum Gasteiger partial charge on any atom is -0.357 e. The van der Waals surface area contributed by atoms with Gasteiger partial charge in [0.05, 0.1) is 6.20 Å². The molecule has 0 aliphatic heterocycles. The van der Waals surface area contributed by atoms with Crippen molar-refractivity contribution in [2.24, 2.45) is 12.0 Å². The highest BCUT2D eigenvalue weighted by Crippen LogP contribution is 2.18. The van der Waals surface area contributed by atoms with Crippen LogP contribution in [0.1, 0.15) is 30.9 Å². The summed E-state index contributed by atoms with van der Waals surface area (Å²) in [5.74, 6) is -0.954. The van der Waals surface area contributed by atoms with E-state index in [-0.39, 0.29) is 5.92 Å². The number of benzene rings is 1. The van der Waals surface area contributed by atoms with E-state index >= 15 is 0 Å². The van der Waals surface area contributed by atoms with Crippen LogP contribution >= 0.6 is 0 Å². The molecule has 2 rings (SSSR count). The van der Waals surface area contributed by atoms with Crippen LogP contribution in [0.2, 0.25) is 0 Å². The number of nitrogens with zero attached hydrogens (tertiary/aromatic N) is 3. The van der Waals surface area contributed by atoms with E-state index in [1.807, 2.05) is 33.3 Å². The van der Waals surface area contributed by atoms with E-state index in [4.69, 9.17) is 0 Å². The Morgan fingerprint density at radius 2 is 2.08 bits per heavy atom. The fraction of sp³-hybridized carbons (Fsp3) is 0.444. The highest BCUT2D eigenvalue weighted by Gasteiger charge is 2.09. The molecule has 1 heterocycles. The standard InChI is InChI=1S/C18H25F2N5/c1-4-21-18(22-8-7-14-11-24-25(3)12-14)23-10-13(2)15-5-6-16(19)17(20)9-15/h5-6,9,11-13H,4,7-8,10H2,1-3H3,(H2,21,22,23). The van der Waals surface area contributed by atoms with E-state index in [1.165, 1.54) is 6.07 Å². The fourth-order valence-corrected chi connectivity index (χ4v) is 2.42. The van der Waals surface area contributed by atoms with Gasteiger partial charge in [-0.3, -0.25) is 9.67 Å². The largest absolute Gasteiger partial charge is 0.357 e. The lowest BCUT2D eigenvalue weighted by Gasteiger charge is -2.14. The van der Waals surface area contributed by atoms with Crippen molar-refractivity contribution in [1.82, 2.24) is 20.4 Å². The number of halogens is 2. The molecule has 0 aliphatic rings. The van der Waals surface area contributed by atoms with Crippen molar-refractivity contribution in [2.45, 2.75) is 26.2 Å². The molecule has 0 aliphatic carbocycles. The number of hydrogen-bond donors (Lipinski definition) is 2. The lowest BCUT2D eigenvalue weighted by Crippen LogP contribution is -2.38. The third-order valence-corrected chi connectivity index (χ3v) is 3.84. The van der Waals surface area contributed by atoms with Crippen LogP contribution in [-0.4, -0.2) is 35.4 Å². The number of rotatable bonds is 7. The summed E-state index contributed by atoms with van der Waals surface area (Å²) in [5, 5.41) is 10.6. The third kappa shape index (κ3) is 5.85. The van der Waals surface area contributed by atoms with Crippen molar-refractivity contribution in [3.05, 3.63) is 53.4 Å². The van der Waals surface area contributed by atoms with E-state index < -0.39 is 11.6 Å². The van der Waals surface area contributed by atoms with Gasteiger partial charge in [0.2, 0.25) is 0 Å². The summed E-state index contributed by atoms with van der Waals surface area (Å²) in [7, 11) is 1.89. The van der Waals surface area contributed by atoms with Crippen molar-refractivity contribution in [1.29, 1.82) is 0 Å². The lowest BCUT2D eigenvalue weighted by molar-refractivity contribution is 0.505. The van der Waals surface area contributed by atoms with Crippen LogP contribution < -0.4 is 10.6 Å². The second-order valence-corrected chi connectivity index (χ2v) is 5.99. The number of aryl methyl sites for hydroxylation is 1. The zero-order valence-corrected chi connectivity index (χ0v) is 14.9. The van der Waals surface area contributed by atoms with Gasteiger partial charge in [-0.2, -0.15) is 5.10 Å². The summed E-state index contributed by atoms with van der Waals surface area (Å²) in [6, 6.07) is 3.99. The molecule has 2 N–H and O–H groups in total. The lowest BCUT2D eigenvalue weighted by atomic mass is 10.0. The maximum absolute atomic E-state index is 13.3. The van der Waals surface area contributed by atoms with E-state index in [9.17, 15) is 8.78 Å². The normalized spacial score (nSPS) is 12.9. The smallest absolute Gasteiger partial charge is 0.191 e. The summed E-state index contributed by atoms with van der Waals surface area (Å²) in [6.07, 6.45) is 4.67. The van der Waals surface area contributed by atoms with Crippen molar-refractivity contribution in [3.63, 3.8) is 0 Å². The van der Waals surface area contributed by atoms with Crippen LogP contribution in [0.3, 0.4) is 0 Å². The molecule has 136 valence electrons. The molecule has 5 nitrogen and oxygen atoms in total. The monoisotopic (exact) mass is 349 g/mol. The summed E-state index contributed by atoms with van der Waals surface area (Å²) in [6.45, 7) is 5.90. The van der Waals surface area contributed by atoms with Gasteiger partial charge in [-0.15, -0.1) is 0 Å². The minimum atomic E-state index is -0.829. The Labute approximate surface area is 147 Å². The first-order chi connectivity index (χ1) is 12.0. The van der Waals surface area contributed by atoms with Crippen LogP contribution in [0.25, 0.3) is 0 Å². The molecule has 0 saturated heterocycles. The Morgan fingerprint density at radius 3 is 2.72 bits per heavy atom. The number of guanidine groups is 1. The highest BCUT2D eigenvalue weighted by molar-refractivity contribution is 5.79.